The van der Waals surface area contributed by atoms with Crippen molar-refractivity contribution >= 4 is 11.9 Å². The molecular formula is C22H32ClN2O5-. The number of rotatable bonds is 6. The number of halogens is 1. The minimum atomic E-state index is -3.62. The van der Waals surface area contributed by atoms with Crippen LogP contribution in [0.25, 0.3) is 0 Å². The van der Waals surface area contributed by atoms with Crippen molar-refractivity contribution in [2.24, 2.45) is 0 Å². The number of carbonyl (C=O) groups excluding carboxylic acids is 1. The predicted molar refractivity (Wildman–Crippen MR) is 115 cm³/mol. The van der Waals surface area contributed by atoms with Crippen LogP contribution < -0.4 is 27.2 Å². The Hall–Kier alpha value is -2.77. The fraction of sp³-hybridized carbons (Fsp3) is 0.364. The maximum Gasteiger partial charge on any atom is 0.307 e. The van der Waals surface area contributed by atoms with Crippen molar-refractivity contribution in [2.45, 2.75) is 12.7 Å². The van der Waals surface area contributed by atoms with E-state index in [0.29, 0.717) is 0 Å². The van der Waals surface area contributed by atoms with Gasteiger partial charge < -0.3 is 37.2 Å². The van der Waals surface area contributed by atoms with Crippen LogP contribution in [0.2, 0.25) is 0 Å². The van der Waals surface area contributed by atoms with Crippen LogP contribution in [0, 0.1) is 0 Å². The van der Waals surface area contributed by atoms with Crippen molar-refractivity contribution in [1.29, 1.82) is 0 Å². The number of carboxylic acids is 1. The lowest BCUT2D eigenvalue weighted by Gasteiger charge is -2.10. The van der Waals surface area contributed by atoms with Gasteiger partial charge in [-0.3, -0.25) is 9.59 Å². The number of carboxylic acid groups (broad SMARTS) is 1. The average molecular weight is 470 g/mol. The van der Waals surface area contributed by atoms with Crippen molar-refractivity contribution in [3.05, 3.63) is 59.5 Å². The number of ether oxygens (including phenoxy) is 2. The van der Waals surface area contributed by atoms with Gasteiger partial charge in [0.05, 0.1) is 46.0 Å². The van der Waals surface area contributed by atoms with Crippen LogP contribution in [-0.4, -0.2) is 63.9 Å². The molecule has 0 aliphatic rings. The van der Waals surface area contributed by atoms with Crippen molar-refractivity contribution in [3.63, 3.8) is 0 Å². The molecule has 0 aliphatic carbocycles. The minimum Gasteiger partial charge on any atom is -1.00 e. The number of carbonyl (C=O) groups is 2. The van der Waals surface area contributed by atoms with Gasteiger partial charge in [0.2, 0.25) is 5.91 Å². The first-order chi connectivity index (χ1) is 25.6. The Morgan fingerprint density at radius 3 is 1.77 bits per heavy atom. The van der Waals surface area contributed by atoms with Gasteiger partial charge >= 0.3 is 5.97 Å². The van der Waals surface area contributed by atoms with Crippen LogP contribution in [0.3, 0.4) is 0 Å². The summed E-state index contributed by atoms with van der Waals surface area (Å²) in [6.45, 7) is -12.4. The lowest BCUT2D eigenvalue weighted by atomic mass is 10.1. The number of nitrogens with zero attached hydrogens (tertiary/aromatic N) is 1. The Kier molecular flexibility index (Phi) is 3.50. The highest BCUT2D eigenvalue weighted by molar-refractivity contribution is 5.78. The van der Waals surface area contributed by atoms with E-state index in [0.717, 1.165) is 0 Å². The topological polar surface area (TPSA) is 88.1 Å². The molecule has 30 heavy (non-hydrogen) atoms. The summed E-state index contributed by atoms with van der Waals surface area (Å²) in [5.74, 6) is -6.08. The van der Waals surface area contributed by atoms with E-state index >= 15 is 0 Å². The Labute approximate surface area is 227 Å². The van der Waals surface area contributed by atoms with Gasteiger partial charge in [-0.2, -0.15) is 0 Å². The van der Waals surface area contributed by atoms with Gasteiger partial charge in [0, 0.05) is 35.9 Å². The molecule has 2 aromatic carbocycles. The second kappa shape index (κ2) is 17.1. The van der Waals surface area contributed by atoms with Gasteiger partial charge in [-0.25, -0.2) is 0 Å². The quantitative estimate of drug-likeness (QED) is 0.592. The second-order valence-corrected chi connectivity index (χ2v) is 3.93. The summed E-state index contributed by atoms with van der Waals surface area (Å²) >= 11 is 0. The normalized spacial score (nSPS) is 26.9. The summed E-state index contributed by atoms with van der Waals surface area (Å²) < 4.78 is 224. The number of nitrogens with one attached hydrogen (secondary N) is 1. The highest BCUT2D eigenvalue weighted by Crippen LogP contribution is 2.12. The van der Waals surface area contributed by atoms with E-state index in [-0.39, 0.29) is 12.4 Å². The summed E-state index contributed by atoms with van der Waals surface area (Å²) in [7, 11) is -6.20. The molecule has 0 unspecified atom stereocenters. The smallest absolute Gasteiger partial charge is 0.307 e. The van der Waals surface area contributed by atoms with E-state index in [1.165, 1.54) is 5.32 Å². The highest BCUT2D eigenvalue weighted by Gasteiger charge is 2.05. The van der Waals surface area contributed by atoms with Crippen LogP contribution >= 0.6 is 0 Å². The van der Waals surface area contributed by atoms with Crippen molar-refractivity contribution in [1.82, 2.24) is 10.2 Å². The molecule has 168 valence electrons. The average Bonchev–Trinajstić information content (AvgIpc) is 2.95. The van der Waals surface area contributed by atoms with Crippen LogP contribution in [0.15, 0.2) is 48.3 Å². The molecule has 0 aromatic heterocycles. The number of methoxy groups -OCH3 is 2. The van der Waals surface area contributed by atoms with E-state index < -0.39 is 142 Å². The molecule has 2 rings (SSSR count). The van der Waals surface area contributed by atoms with Crippen molar-refractivity contribution in [2.75, 3.05) is 42.0 Å². The molecule has 0 radical (unpaired) electrons. The van der Waals surface area contributed by atoms with Gasteiger partial charge in [0.25, 0.3) is 0 Å². The molecule has 2 N–H and O–H groups in total. The zero-order valence-electron chi connectivity index (χ0n) is 44.4. The first kappa shape index (κ1) is 6.14. The van der Waals surface area contributed by atoms with Crippen molar-refractivity contribution in [3.8, 4) is 11.5 Å². The number of amides is 1. The molecule has 0 fully saturated rings. The third-order valence-electron chi connectivity index (χ3n) is 2.08. The van der Waals surface area contributed by atoms with Gasteiger partial charge in [0.15, 0.2) is 0 Å². The second-order valence-electron chi connectivity index (χ2n) is 3.93. The molecular weight excluding hydrogens is 408 g/mol. The number of aliphatic carboxylic acids is 1. The maximum absolute atomic E-state index is 12.5. The van der Waals surface area contributed by atoms with Gasteiger partial charge in [0.1, 0.15) is 11.5 Å². The first-order valence-electron chi connectivity index (χ1n) is 21.6. The standard InChI is InChI=1S/C11H15NO2.C9H10O3.C2H7N.ClH/c1-12(2)11(13)8-9-4-6-10(14-3)7-5-9;1-12-8-4-2-7(3-5-8)6-9(10)11;1-3-2;/h4-7H,8H2,1-3H3;2-5H,6H2,1H3,(H,10,11);3H,1-2H3;1H/p-1/i1D3,2D3,3D3,4D,5D,6D,7D,8D2;1D3,2D,3D,4D,5D,6D2;1D3,2D3;. The summed E-state index contributed by atoms with van der Waals surface area (Å²) in [5.41, 5.74) is -2.27. The predicted octanol–water partition coefficient (Wildman–Crippen LogP) is -0.512. The van der Waals surface area contributed by atoms with E-state index in [1.807, 2.05) is 0 Å². The maximum atomic E-state index is 12.5. The molecule has 0 bridgehead atoms. The Balaban J connectivity index is 0. The summed E-state index contributed by atoms with van der Waals surface area (Å²) in [4.78, 5) is 22.7. The van der Waals surface area contributed by atoms with Crippen LogP contribution in [0.1, 0.15) is 52.2 Å². The molecule has 0 saturated carbocycles. The summed E-state index contributed by atoms with van der Waals surface area (Å²) in [5, 5.41) is 10.3. The molecule has 0 atom stereocenters. The van der Waals surface area contributed by atoms with Gasteiger partial charge in [-0.15, -0.1) is 0 Å². The Morgan fingerprint density at radius 1 is 0.967 bits per heavy atom. The van der Waals surface area contributed by atoms with E-state index in [4.69, 9.17) is 46.2 Å². The van der Waals surface area contributed by atoms with Crippen LogP contribution in [0.4, 0.5) is 0 Å². The minimum absolute atomic E-state index is 0. The van der Waals surface area contributed by atoms with Gasteiger partial charge in [-0.1, -0.05) is 24.2 Å². The summed E-state index contributed by atoms with van der Waals surface area (Å²) in [6.07, 6.45) is -6.79. The lowest BCUT2D eigenvalue weighted by Crippen LogP contribution is -3.00. The largest absolute Gasteiger partial charge is 1.00 e. The highest BCUT2D eigenvalue weighted by atomic mass is 35.5. The summed E-state index contributed by atoms with van der Waals surface area (Å²) in [6, 6.07) is -8.73. The molecule has 2 aromatic rings. The third-order valence-corrected chi connectivity index (χ3v) is 2.08. The fourth-order valence-electron chi connectivity index (χ4n) is 1.10. The number of hydrogen-bond donors (Lipinski definition) is 2. The Morgan fingerprint density at radius 2 is 1.43 bits per heavy atom. The molecule has 0 aliphatic heterocycles. The number of benzene rings is 2. The van der Waals surface area contributed by atoms with E-state index in [9.17, 15) is 9.59 Å². The molecule has 1 amide bonds. The third kappa shape index (κ3) is 13.4. The first-order valence-corrected chi connectivity index (χ1v) is 6.62. The van der Waals surface area contributed by atoms with Gasteiger partial charge in [-0.05, 0) is 49.2 Å². The molecule has 8 heteroatoms. The molecule has 0 saturated heterocycles. The zero-order valence-corrected chi connectivity index (χ0v) is 15.2. The van der Waals surface area contributed by atoms with E-state index in [2.05, 4.69) is 9.47 Å². The monoisotopic (exact) mass is 469 g/mol. The van der Waals surface area contributed by atoms with E-state index in [1.54, 1.807) is 0 Å². The van der Waals surface area contributed by atoms with Crippen molar-refractivity contribution < 1.29 is 77.7 Å². The van der Waals surface area contributed by atoms with Crippen LogP contribution in [-0.2, 0) is 22.3 Å². The zero-order chi connectivity index (χ0) is 47.8. The molecule has 0 spiro atoms. The Bertz CT molecular complexity index is 1780. The number of hydrogen-bond acceptors (Lipinski definition) is 5. The molecule has 0 heterocycles. The SMILES string of the molecule is [2H]C([2H])([2H])NC([2H])([2H])[2H].[2H]c1c([2H])c(C([2H])([2H])C(=O)N(C([2H])([2H])[2H])C([2H])([2H])[2H])c([2H])c([2H])c1OC([2H])([2H])[2H].[2H]c1c([2H])c(C([2H])([2H])C(=O)O)c([2H])c([2H])c1OC([2H])([2H])[2H].[Cl-]. The molecule has 7 nitrogen and oxygen atoms in total. The lowest BCUT2D eigenvalue weighted by molar-refractivity contribution is -0.136. The number of likely N-dealkylation sites (N-methyl/N-ethyl adjacent to an activating group) is 1. The fourth-order valence-corrected chi connectivity index (χ4v) is 1.10. The van der Waals surface area contributed by atoms with Crippen LogP contribution in [0.5, 0.6) is 11.5 Å².